The Hall–Kier alpha value is -8.52. The molecule has 10 aliphatic heterocycles. The normalized spacial score (nSPS) is 25.0. The number of carbonyl (C=O) groups excluding carboxylic acids is 2. The molecule has 4 atom stereocenters. The number of nitrogens with zero attached hydrogens (tertiary/aromatic N) is 6. The standard InChI is InChI=1S/C69H74N10O4/c1-13-40-32(5)48-26-52-36(9)44(66(76-52)46-24-60(80)64-38(11)54(78-68(46)64)30-58-42(15-3)34(7)50(74-58)28-56(40)72-48)18-20-62(82)70-22-17-23-71-63(83)21-19-45-37(10)53-27-49-33(6)41(14-2)57(73-49)29-51-35(8)43(16-4)59(75-51)31-55-39(12)65-61(81)25-47(67(45)77-53)69(65)79-55/h13-14,26-31,36-37,44-45,76-77,80-81H,1-2,15-25H2,3-12H3,(H,70,82)(H,71,83)/t36-,37-,44-,45-/m0/s1. The van der Waals surface area contributed by atoms with Gasteiger partial charge >= 0.3 is 0 Å². The van der Waals surface area contributed by atoms with Crippen LogP contribution in [0.1, 0.15) is 127 Å². The van der Waals surface area contributed by atoms with Crippen LogP contribution in [0.2, 0.25) is 0 Å². The molecule has 0 radical (unpaired) electrons. The largest absolute Gasteiger partial charge is 0.511 e. The fourth-order valence-electron chi connectivity index (χ4n) is 14.1. The minimum atomic E-state index is -0.0624. The molecule has 14 heteroatoms. The van der Waals surface area contributed by atoms with Crippen molar-refractivity contribution >= 4 is 46.1 Å². The van der Waals surface area contributed by atoms with Gasteiger partial charge in [-0.1, -0.05) is 53.0 Å². The van der Waals surface area contributed by atoms with Crippen molar-refractivity contribution in [1.82, 2.24) is 21.3 Å². The highest BCUT2D eigenvalue weighted by Crippen LogP contribution is 2.49. The van der Waals surface area contributed by atoms with Crippen LogP contribution in [0.3, 0.4) is 0 Å². The molecule has 2 amide bonds. The lowest BCUT2D eigenvalue weighted by Crippen LogP contribution is -2.30. The third-order valence-corrected chi connectivity index (χ3v) is 19.0. The number of aliphatic hydroxyl groups excluding tert-OH is 2. The minimum absolute atomic E-state index is 0.00426. The highest BCUT2D eigenvalue weighted by molar-refractivity contribution is 6.23. The average molecular weight is 1110 g/mol. The molecule has 2 fully saturated rings. The number of amides is 2. The van der Waals surface area contributed by atoms with Crippen LogP contribution in [-0.2, 0) is 9.59 Å². The van der Waals surface area contributed by atoms with E-state index in [2.05, 4.69) is 126 Å². The number of fused-ring (bicyclic) bond motifs is 10. The van der Waals surface area contributed by atoms with Gasteiger partial charge in [-0.25, -0.2) is 30.0 Å². The summed E-state index contributed by atoms with van der Waals surface area (Å²) in [6.07, 6.45) is 20.8. The van der Waals surface area contributed by atoms with Crippen molar-refractivity contribution in [3.63, 3.8) is 0 Å². The summed E-state index contributed by atoms with van der Waals surface area (Å²) in [4.78, 5) is 58.4. The van der Waals surface area contributed by atoms with Gasteiger partial charge in [-0.15, -0.1) is 0 Å². The number of rotatable bonds is 14. The number of aliphatic imine (C=N–C) groups is 6. The van der Waals surface area contributed by atoms with Gasteiger partial charge in [-0.3, -0.25) is 9.59 Å². The van der Waals surface area contributed by atoms with Crippen LogP contribution in [0.15, 0.2) is 238 Å². The number of allylic oxidation sites excluding steroid dienone is 24. The molecule has 2 aliphatic carbocycles. The second-order valence-corrected chi connectivity index (χ2v) is 23.6. The first-order valence-corrected chi connectivity index (χ1v) is 29.6. The molecule has 0 aromatic carbocycles. The zero-order valence-electron chi connectivity index (χ0n) is 49.5. The predicted octanol–water partition coefficient (Wildman–Crippen LogP) is 12.9. The monoisotopic (exact) mass is 1110 g/mol. The van der Waals surface area contributed by atoms with Crippen LogP contribution in [0.25, 0.3) is 0 Å². The molecule has 16 bridgehead atoms. The van der Waals surface area contributed by atoms with Crippen LogP contribution in [-0.4, -0.2) is 69.4 Å². The summed E-state index contributed by atoms with van der Waals surface area (Å²) >= 11 is 0. The average Bonchev–Trinajstić information content (AvgIpc) is 2.83. The zero-order valence-corrected chi connectivity index (χ0v) is 49.5. The van der Waals surface area contributed by atoms with Crippen LogP contribution >= 0.6 is 0 Å². The summed E-state index contributed by atoms with van der Waals surface area (Å²) in [6, 6.07) is 0. The Labute approximate surface area is 487 Å². The molecule has 0 spiro atoms. The van der Waals surface area contributed by atoms with Gasteiger partial charge in [-0.05, 0) is 155 Å². The second kappa shape index (κ2) is 21.3. The summed E-state index contributed by atoms with van der Waals surface area (Å²) < 4.78 is 0. The zero-order chi connectivity index (χ0) is 58.4. The highest BCUT2D eigenvalue weighted by Gasteiger charge is 2.44. The van der Waals surface area contributed by atoms with E-state index in [-0.39, 0.29) is 35.5 Å². The van der Waals surface area contributed by atoms with E-state index < -0.39 is 0 Å². The first-order valence-electron chi connectivity index (χ1n) is 29.6. The Morgan fingerprint density at radius 1 is 0.554 bits per heavy atom. The van der Waals surface area contributed by atoms with Crippen molar-refractivity contribution in [2.45, 2.75) is 127 Å². The predicted molar refractivity (Wildman–Crippen MR) is 334 cm³/mol. The first-order chi connectivity index (χ1) is 39.9. The molecule has 0 aromatic heterocycles. The lowest BCUT2D eigenvalue weighted by molar-refractivity contribution is -0.121. The van der Waals surface area contributed by atoms with Crippen molar-refractivity contribution in [3.05, 3.63) is 208 Å². The van der Waals surface area contributed by atoms with E-state index in [0.29, 0.717) is 69.6 Å². The van der Waals surface area contributed by atoms with Crippen molar-refractivity contribution in [2.24, 2.45) is 53.6 Å². The van der Waals surface area contributed by atoms with Crippen LogP contribution < -0.4 is 21.3 Å². The SMILES string of the molecule is C=CC1=C(C)C2=NC1=CC1=NC(=CC3=C(C)C4=C(O)CC(=C5NC(=C2)[C@@H](C)[C@@H]5CCC(=O)NCCCNC(=O)CC[C@@H]2C5=C6CC(O)=C7C6=NC(=C7C)C=C6N=C(C=C7N=C(C=C(N5)[C@H]2C)C(C)=C7C=C)C(C)=C6CC)C4=N3)C(CC)=C1C. The molecule has 83 heavy (non-hydrogen) atoms. The first kappa shape index (κ1) is 55.0. The highest BCUT2D eigenvalue weighted by atomic mass is 16.3. The number of carbonyl (C=O) groups is 2. The number of hydrogen-bond donors (Lipinski definition) is 6. The number of hydrogen-bond acceptors (Lipinski definition) is 12. The molecule has 12 aliphatic rings. The molecular weight excluding hydrogens is 1030 g/mol. The summed E-state index contributed by atoms with van der Waals surface area (Å²) in [5.74, 6) is 0.361. The third kappa shape index (κ3) is 9.25. The molecule has 12 rings (SSSR count). The fraction of sp³-hybridized carbons (Fsp3) is 0.362. The molecule has 14 nitrogen and oxygen atoms in total. The van der Waals surface area contributed by atoms with Crippen molar-refractivity contribution in [3.8, 4) is 0 Å². The Kier molecular flexibility index (Phi) is 14.2. The lowest BCUT2D eigenvalue weighted by atomic mass is 9.86. The van der Waals surface area contributed by atoms with Gasteiger partial charge in [-0.2, -0.15) is 0 Å². The van der Waals surface area contributed by atoms with Gasteiger partial charge in [0.15, 0.2) is 0 Å². The van der Waals surface area contributed by atoms with Gasteiger partial charge in [0.25, 0.3) is 0 Å². The fourth-order valence-corrected chi connectivity index (χ4v) is 14.1. The molecule has 6 N–H and O–H groups in total. The van der Waals surface area contributed by atoms with Gasteiger partial charge in [0.2, 0.25) is 11.8 Å². The summed E-state index contributed by atoms with van der Waals surface area (Å²) in [6.45, 7) is 30.2. The quantitative estimate of drug-likeness (QED) is 0.0936. The Morgan fingerprint density at radius 2 is 0.940 bits per heavy atom. The van der Waals surface area contributed by atoms with Crippen LogP contribution in [0.4, 0.5) is 0 Å². The van der Waals surface area contributed by atoms with Gasteiger partial charge in [0, 0.05) is 119 Å². The van der Waals surface area contributed by atoms with Gasteiger partial charge in [0.05, 0.1) is 68.5 Å². The summed E-state index contributed by atoms with van der Waals surface area (Å²) in [7, 11) is 0. The molecule has 0 saturated carbocycles. The maximum absolute atomic E-state index is 13.7. The lowest BCUT2D eigenvalue weighted by Gasteiger charge is -2.18. The molecular formula is C69H74N10O4. The van der Waals surface area contributed by atoms with Gasteiger partial charge < -0.3 is 31.5 Å². The maximum Gasteiger partial charge on any atom is 0.220 e. The van der Waals surface area contributed by atoms with E-state index in [9.17, 15) is 19.8 Å². The van der Waals surface area contributed by atoms with E-state index in [1.54, 1.807) is 0 Å². The smallest absolute Gasteiger partial charge is 0.220 e. The minimum Gasteiger partial charge on any atom is -0.511 e. The second-order valence-electron chi connectivity index (χ2n) is 23.6. The summed E-state index contributed by atoms with van der Waals surface area (Å²) in [5, 5.41) is 37.0. The molecule has 10 heterocycles. The molecule has 2 saturated heterocycles. The van der Waals surface area contributed by atoms with E-state index >= 15 is 0 Å². The molecule has 0 aromatic rings. The number of aliphatic hydroxyl groups is 2. The van der Waals surface area contributed by atoms with Crippen molar-refractivity contribution in [1.29, 1.82) is 0 Å². The summed E-state index contributed by atoms with van der Waals surface area (Å²) in [5.41, 5.74) is 27.7. The van der Waals surface area contributed by atoms with Crippen LogP contribution in [0, 0.1) is 23.7 Å². The third-order valence-electron chi connectivity index (χ3n) is 19.0. The molecule has 0 unspecified atom stereocenters. The maximum atomic E-state index is 13.7. The Morgan fingerprint density at radius 3 is 1.33 bits per heavy atom. The van der Waals surface area contributed by atoms with E-state index in [1.165, 1.54) is 0 Å². The van der Waals surface area contributed by atoms with E-state index in [0.717, 1.165) is 182 Å². The topological polar surface area (TPSA) is 197 Å². The van der Waals surface area contributed by atoms with E-state index in [1.807, 2.05) is 26.0 Å². The molecule has 424 valence electrons. The van der Waals surface area contributed by atoms with E-state index in [4.69, 9.17) is 30.0 Å². The van der Waals surface area contributed by atoms with Crippen LogP contribution in [0.5, 0.6) is 0 Å². The Balaban J connectivity index is 0.720. The Bertz CT molecular complexity index is 3650. The van der Waals surface area contributed by atoms with Crippen molar-refractivity contribution < 1.29 is 19.8 Å². The van der Waals surface area contributed by atoms with Gasteiger partial charge in [0.1, 0.15) is 11.5 Å². The number of nitrogens with one attached hydrogen (secondary N) is 4. The van der Waals surface area contributed by atoms with Crippen molar-refractivity contribution in [2.75, 3.05) is 13.1 Å².